The number of thiophene rings is 1. The van der Waals surface area contributed by atoms with Crippen molar-refractivity contribution < 1.29 is 14.3 Å². The number of rotatable bonds is 6. The first-order valence-corrected chi connectivity index (χ1v) is 11.5. The van der Waals surface area contributed by atoms with Crippen molar-refractivity contribution in [2.75, 3.05) is 11.4 Å². The Hall–Kier alpha value is -2.02. The molecule has 1 heterocycles. The first-order valence-electron chi connectivity index (χ1n) is 9.42. The van der Waals surface area contributed by atoms with Crippen molar-refractivity contribution in [2.45, 2.75) is 33.0 Å². The van der Waals surface area contributed by atoms with Crippen LogP contribution >= 0.6 is 38.9 Å². The summed E-state index contributed by atoms with van der Waals surface area (Å²) < 4.78 is 13.6. The fourth-order valence-corrected chi connectivity index (χ4v) is 4.59. The number of ether oxygens (including phenoxy) is 2. The summed E-state index contributed by atoms with van der Waals surface area (Å²) in [6, 6.07) is 13.9. The van der Waals surface area contributed by atoms with Gasteiger partial charge in [-0.05, 0) is 53.7 Å². The lowest BCUT2D eigenvalue weighted by molar-refractivity contribution is 0.0584. The highest BCUT2D eigenvalue weighted by atomic mass is 79.9. The summed E-state index contributed by atoms with van der Waals surface area (Å²) in [4.78, 5) is 14.5. The standard InChI is InChI=1S/C23H23BrClNO3S/c1-23(2,3)29-22(27)26(12-7-11-25)18-14-19(17-10-13-30-21(17)20(18)24)28-15-16-8-5-4-6-9-16/h4-11,13-14H,12,15H2,1-3H3/b11-7+. The number of fused-ring (bicyclic) bond motifs is 1. The van der Waals surface area contributed by atoms with Crippen LogP contribution in [-0.4, -0.2) is 18.2 Å². The molecule has 0 bridgehead atoms. The van der Waals surface area contributed by atoms with Crippen LogP contribution in [0.4, 0.5) is 10.5 Å². The number of nitrogens with zero attached hydrogens (tertiary/aromatic N) is 1. The topological polar surface area (TPSA) is 38.8 Å². The summed E-state index contributed by atoms with van der Waals surface area (Å²) in [5, 5.41) is 2.99. The quantitative estimate of drug-likeness (QED) is 0.342. The van der Waals surface area contributed by atoms with E-state index in [-0.39, 0.29) is 6.54 Å². The van der Waals surface area contributed by atoms with E-state index in [9.17, 15) is 4.79 Å². The van der Waals surface area contributed by atoms with Crippen LogP contribution in [0, 0.1) is 0 Å². The number of carbonyl (C=O) groups is 1. The number of carbonyl (C=O) groups excluding carboxylic acids is 1. The van der Waals surface area contributed by atoms with Crippen LogP contribution < -0.4 is 9.64 Å². The number of hydrogen-bond donors (Lipinski definition) is 0. The molecule has 0 saturated carbocycles. The molecule has 30 heavy (non-hydrogen) atoms. The highest BCUT2D eigenvalue weighted by Crippen LogP contribution is 2.43. The first-order chi connectivity index (χ1) is 14.3. The van der Waals surface area contributed by atoms with Crippen molar-refractivity contribution in [3.63, 3.8) is 0 Å². The molecule has 1 aromatic heterocycles. The Morgan fingerprint density at radius 2 is 1.97 bits per heavy atom. The van der Waals surface area contributed by atoms with E-state index < -0.39 is 11.7 Å². The number of amides is 1. The Labute approximate surface area is 194 Å². The maximum absolute atomic E-state index is 13.0. The van der Waals surface area contributed by atoms with Crippen molar-refractivity contribution in [3.8, 4) is 5.75 Å². The minimum atomic E-state index is -0.619. The number of hydrogen-bond acceptors (Lipinski definition) is 4. The van der Waals surface area contributed by atoms with Gasteiger partial charge in [-0.1, -0.05) is 48.0 Å². The van der Waals surface area contributed by atoms with E-state index in [4.69, 9.17) is 21.1 Å². The number of halogens is 2. The molecule has 0 atom stereocenters. The van der Waals surface area contributed by atoms with Gasteiger partial charge in [-0.25, -0.2) is 4.79 Å². The molecule has 0 fully saturated rings. The van der Waals surface area contributed by atoms with Gasteiger partial charge < -0.3 is 9.47 Å². The average molecular weight is 509 g/mol. The molecule has 0 saturated heterocycles. The molecule has 0 N–H and O–H groups in total. The predicted octanol–water partition coefficient (Wildman–Crippen LogP) is 7.74. The minimum absolute atomic E-state index is 0.270. The van der Waals surface area contributed by atoms with Gasteiger partial charge in [0.2, 0.25) is 0 Å². The fourth-order valence-electron chi connectivity index (χ4n) is 2.84. The zero-order valence-corrected chi connectivity index (χ0v) is 20.2. The molecule has 0 spiro atoms. The Morgan fingerprint density at radius 1 is 1.23 bits per heavy atom. The maximum atomic E-state index is 13.0. The second-order valence-electron chi connectivity index (χ2n) is 7.60. The van der Waals surface area contributed by atoms with Crippen LogP contribution in [0.15, 0.2) is 63.9 Å². The summed E-state index contributed by atoms with van der Waals surface area (Å²) in [6.45, 7) is 6.22. The molecule has 3 aromatic rings. The Morgan fingerprint density at radius 3 is 2.63 bits per heavy atom. The SMILES string of the molecule is CC(C)(C)OC(=O)N(C/C=C/Cl)c1cc(OCc2ccccc2)c2ccsc2c1Br. The van der Waals surface area contributed by atoms with Gasteiger partial charge in [-0.3, -0.25) is 4.90 Å². The van der Waals surface area contributed by atoms with Crippen molar-refractivity contribution in [1.29, 1.82) is 0 Å². The molecule has 0 radical (unpaired) electrons. The highest BCUT2D eigenvalue weighted by molar-refractivity contribution is 9.10. The van der Waals surface area contributed by atoms with E-state index in [1.165, 1.54) is 5.54 Å². The molecule has 0 aliphatic heterocycles. The largest absolute Gasteiger partial charge is 0.488 e. The predicted molar refractivity (Wildman–Crippen MR) is 129 cm³/mol. The van der Waals surface area contributed by atoms with Gasteiger partial charge in [0.15, 0.2) is 0 Å². The third-order valence-electron chi connectivity index (χ3n) is 4.14. The normalized spacial score (nSPS) is 11.8. The second kappa shape index (κ2) is 9.86. The van der Waals surface area contributed by atoms with E-state index in [0.717, 1.165) is 20.1 Å². The smallest absolute Gasteiger partial charge is 0.415 e. The van der Waals surface area contributed by atoms with E-state index in [0.29, 0.717) is 18.0 Å². The van der Waals surface area contributed by atoms with Crippen molar-refractivity contribution in [1.82, 2.24) is 0 Å². The van der Waals surface area contributed by atoms with E-state index in [1.807, 2.05) is 68.6 Å². The second-order valence-corrected chi connectivity index (χ2v) is 9.56. The molecule has 4 nitrogen and oxygen atoms in total. The molecular formula is C23H23BrClNO3S. The third kappa shape index (κ3) is 5.56. The Kier molecular flexibility index (Phi) is 7.45. The zero-order valence-electron chi connectivity index (χ0n) is 17.0. The summed E-state index contributed by atoms with van der Waals surface area (Å²) in [7, 11) is 0. The lowest BCUT2D eigenvalue weighted by Crippen LogP contribution is -2.37. The number of benzene rings is 2. The van der Waals surface area contributed by atoms with Crippen molar-refractivity contribution in [3.05, 3.63) is 69.5 Å². The third-order valence-corrected chi connectivity index (χ3v) is 6.32. The van der Waals surface area contributed by atoms with E-state index >= 15 is 0 Å². The van der Waals surface area contributed by atoms with Gasteiger partial charge in [0.25, 0.3) is 0 Å². The van der Waals surface area contributed by atoms with Crippen LogP contribution in [0.5, 0.6) is 5.75 Å². The van der Waals surface area contributed by atoms with Crippen LogP contribution in [0.2, 0.25) is 0 Å². The lowest BCUT2D eigenvalue weighted by atomic mass is 10.2. The molecule has 3 rings (SSSR count). The molecule has 2 aromatic carbocycles. The summed E-state index contributed by atoms with van der Waals surface area (Å²) >= 11 is 11.0. The zero-order chi connectivity index (χ0) is 21.7. The lowest BCUT2D eigenvalue weighted by Gasteiger charge is -2.28. The fraction of sp³-hybridized carbons (Fsp3) is 0.261. The molecule has 7 heteroatoms. The van der Waals surface area contributed by atoms with Crippen molar-refractivity contribution in [2.24, 2.45) is 0 Å². The molecule has 0 aliphatic carbocycles. The average Bonchev–Trinajstić information content (AvgIpc) is 3.19. The molecule has 0 aliphatic rings. The van der Waals surface area contributed by atoms with Gasteiger partial charge in [-0.2, -0.15) is 0 Å². The van der Waals surface area contributed by atoms with Crippen LogP contribution in [0.25, 0.3) is 10.1 Å². The summed E-state index contributed by atoms with van der Waals surface area (Å²) in [5.41, 5.74) is 2.50. The van der Waals surface area contributed by atoms with Gasteiger partial charge in [-0.15, -0.1) is 11.3 Å². The van der Waals surface area contributed by atoms with Gasteiger partial charge in [0.05, 0.1) is 14.9 Å². The Balaban J connectivity index is 2.01. The maximum Gasteiger partial charge on any atom is 0.415 e. The highest BCUT2D eigenvalue weighted by Gasteiger charge is 2.26. The first kappa shape index (κ1) is 22.7. The molecule has 1 amide bonds. The summed E-state index contributed by atoms with van der Waals surface area (Å²) in [6.07, 6.45) is 1.24. The van der Waals surface area contributed by atoms with Gasteiger partial charge in [0, 0.05) is 23.5 Å². The molecule has 158 valence electrons. The van der Waals surface area contributed by atoms with E-state index in [1.54, 1.807) is 22.3 Å². The summed E-state index contributed by atoms with van der Waals surface area (Å²) in [5.74, 6) is 0.705. The monoisotopic (exact) mass is 507 g/mol. The van der Waals surface area contributed by atoms with Crippen LogP contribution in [0.3, 0.4) is 0 Å². The molecular weight excluding hydrogens is 486 g/mol. The van der Waals surface area contributed by atoms with E-state index in [2.05, 4.69) is 15.9 Å². The van der Waals surface area contributed by atoms with Crippen molar-refractivity contribution >= 4 is 60.7 Å². The van der Waals surface area contributed by atoms with Gasteiger partial charge >= 0.3 is 6.09 Å². The number of anilines is 1. The Bertz CT molecular complexity index is 1040. The minimum Gasteiger partial charge on any atom is -0.488 e. The molecule has 0 unspecified atom stereocenters. The van der Waals surface area contributed by atoms with Gasteiger partial charge in [0.1, 0.15) is 18.0 Å². The van der Waals surface area contributed by atoms with Crippen LogP contribution in [-0.2, 0) is 11.3 Å². The van der Waals surface area contributed by atoms with Crippen LogP contribution in [0.1, 0.15) is 26.3 Å².